The lowest BCUT2D eigenvalue weighted by Gasteiger charge is -2.23. The van der Waals surface area contributed by atoms with E-state index in [1.807, 2.05) is 48.5 Å². The van der Waals surface area contributed by atoms with Gasteiger partial charge in [-0.15, -0.1) is 46.4 Å². The molecule has 4 atom stereocenters. The molecule has 2 aliphatic rings. The van der Waals surface area contributed by atoms with Gasteiger partial charge >= 0.3 is 11.9 Å². The SMILES string of the molecule is N[C@@H](Cc1ccc(N(CCCl)CCCl)cc1)C(=O)OCCN1C(=O)CC(NCCCCCCCCCCCCCCCCCCCCCCCCNC2CC(=O)N(CCOC(=O)[C@@H](N)Cc3ccc(N(CCCl)CCCl)cc3)C2=O)C1=O. The van der Waals surface area contributed by atoms with Crippen molar-refractivity contribution in [2.24, 2.45) is 11.5 Å². The fourth-order valence-corrected chi connectivity index (χ4v) is 11.5. The Balaban J connectivity index is 0.858. The summed E-state index contributed by atoms with van der Waals surface area (Å²) in [4.78, 5) is 82.8. The fourth-order valence-electron chi connectivity index (χ4n) is 10.7. The summed E-state index contributed by atoms with van der Waals surface area (Å²) >= 11 is 23.7. The molecule has 2 aromatic carbocycles. The molecule has 0 spiro atoms. The van der Waals surface area contributed by atoms with Crippen molar-refractivity contribution < 1.29 is 38.2 Å². The summed E-state index contributed by atoms with van der Waals surface area (Å²) in [6.45, 7) is 3.96. The van der Waals surface area contributed by atoms with E-state index in [9.17, 15) is 28.8 Å². The third-order valence-electron chi connectivity index (χ3n) is 15.5. The average Bonchev–Trinajstić information content (AvgIpc) is 4.12. The predicted octanol–water partition coefficient (Wildman–Crippen LogP) is 9.80. The number of ether oxygens (including phenoxy) is 2. The van der Waals surface area contributed by atoms with Crippen LogP contribution in [0.3, 0.4) is 0 Å². The first-order chi connectivity index (χ1) is 39.9. The van der Waals surface area contributed by atoms with E-state index >= 15 is 0 Å². The molecule has 6 N–H and O–H groups in total. The Morgan fingerprint density at radius 3 is 1.00 bits per heavy atom. The Hall–Kier alpha value is -3.74. The third-order valence-corrected chi connectivity index (χ3v) is 16.2. The first-order valence-electron chi connectivity index (χ1n) is 30.8. The normalized spacial score (nSPS) is 16.1. The van der Waals surface area contributed by atoms with Gasteiger partial charge in [0.15, 0.2) is 0 Å². The number of nitrogens with zero attached hydrogens (tertiary/aromatic N) is 4. The largest absolute Gasteiger partial charge is 0.463 e. The Bertz CT molecular complexity index is 1970. The second-order valence-electron chi connectivity index (χ2n) is 22.0. The average molecular weight is 1230 g/mol. The number of amides is 4. The quantitative estimate of drug-likeness (QED) is 0.0210. The molecule has 0 aromatic heterocycles. The number of halogens is 4. The molecule has 2 fully saturated rings. The summed E-state index contributed by atoms with van der Waals surface area (Å²) in [5.74, 6) is -0.233. The molecule has 2 unspecified atom stereocenters. The smallest absolute Gasteiger partial charge is 0.323 e. The molecular weight excluding hydrogens is 1130 g/mol. The van der Waals surface area contributed by atoms with Crippen LogP contribution in [0.5, 0.6) is 0 Å². The van der Waals surface area contributed by atoms with Gasteiger partial charge in [0.2, 0.25) is 23.6 Å². The highest BCUT2D eigenvalue weighted by molar-refractivity contribution is 6.19. The molecule has 2 heterocycles. The number of hydrogen-bond acceptors (Lipinski definition) is 14. The maximum Gasteiger partial charge on any atom is 0.323 e. The Kier molecular flexibility index (Phi) is 37.1. The van der Waals surface area contributed by atoms with Gasteiger partial charge in [-0.2, -0.15) is 0 Å². The van der Waals surface area contributed by atoms with Crippen LogP contribution in [-0.4, -0.2) is 159 Å². The van der Waals surface area contributed by atoms with Crippen LogP contribution in [0.2, 0.25) is 0 Å². The van der Waals surface area contributed by atoms with E-state index in [1.165, 1.54) is 125 Å². The zero-order valence-corrected chi connectivity index (χ0v) is 52.0. The maximum absolute atomic E-state index is 12.9. The lowest BCUT2D eigenvalue weighted by atomic mass is 10.0. The van der Waals surface area contributed by atoms with E-state index in [4.69, 9.17) is 67.3 Å². The molecule has 82 heavy (non-hydrogen) atoms. The zero-order valence-electron chi connectivity index (χ0n) is 48.9. The van der Waals surface area contributed by atoms with Crippen LogP contribution >= 0.6 is 46.4 Å². The summed E-state index contributed by atoms with van der Waals surface area (Å²) in [5, 5.41) is 6.53. The van der Waals surface area contributed by atoms with Crippen molar-refractivity contribution in [1.29, 1.82) is 0 Å². The highest BCUT2D eigenvalue weighted by atomic mass is 35.5. The maximum atomic E-state index is 12.9. The lowest BCUT2D eigenvalue weighted by molar-refractivity contribution is -0.149. The number of nitrogens with two attached hydrogens (primary N) is 2. The molecule has 4 rings (SSSR count). The standard InChI is InChI=1S/C62H98Cl4N8O8/c63-31-37-71(38-32-64)51-27-23-49(24-28-51)45-53(67)61(79)81-43-41-73-57(75)47-55(59(73)77)69-35-21-19-17-15-13-11-9-7-5-3-1-2-4-6-8-10-12-14-16-18-20-22-36-70-56-48-58(76)74(60(56)78)42-44-82-62(80)54(68)46-50-25-29-52(30-26-50)72(39-33-65)40-34-66/h23-30,53-56,69-70H,1-22,31-48,67-68H2/t53-,54-,55?,56?/m0/s1. The number of likely N-dealkylation sites (tertiary alicyclic amines) is 2. The van der Waals surface area contributed by atoms with Gasteiger partial charge in [0.1, 0.15) is 25.3 Å². The van der Waals surface area contributed by atoms with Crippen LogP contribution in [0.25, 0.3) is 0 Å². The van der Waals surface area contributed by atoms with Crippen molar-refractivity contribution in [2.75, 3.05) is 98.9 Å². The molecule has 2 saturated heterocycles. The number of carbonyl (C=O) groups excluding carboxylic acids is 6. The minimum absolute atomic E-state index is 0.0191. The van der Waals surface area contributed by atoms with Gasteiger partial charge in [-0.1, -0.05) is 153 Å². The highest BCUT2D eigenvalue weighted by Gasteiger charge is 2.39. The Morgan fingerprint density at radius 2 is 0.732 bits per heavy atom. The van der Waals surface area contributed by atoms with Gasteiger partial charge in [-0.25, -0.2) is 0 Å². The number of imide groups is 2. The fraction of sp³-hybridized carbons (Fsp3) is 0.710. The monoisotopic (exact) mass is 1220 g/mol. The molecule has 16 nitrogen and oxygen atoms in total. The number of hydrogen-bond donors (Lipinski definition) is 4. The molecule has 2 aliphatic heterocycles. The number of nitrogens with one attached hydrogen (secondary N) is 2. The molecular formula is C62H98Cl4N8O8. The summed E-state index contributed by atoms with van der Waals surface area (Å²) < 4.78 is 10.7. The molecule has 20 heteroatoms. The van der Waals surface area contributed by atoms with Crippen LogP contribution in [0.15, 0.2) is 48.5 Å². The van der Waals surface area contributed by atoms with Gasteiger partial charge < -0.3 is 41.4 Å². The van der Waals surface area contributed by atoms with Gasteiger partial charge in [-0.3, -0.25) is 38.6 Å². The number of benzene rings is 2. The topological polar surface area (TPSA) is 210 Å². The minimum Gasteiger partial charge on any atom is -0.463 e. The summed E-state index contributed by atoms with van der Waals surface area (Å²) in [6, 6.07) is 12.7. The molecule has 0 saturated carbocycles. The van der Waals surface area contributed by atoms with Crippen molar-refractivity contribution in [3.05, 3.63) is 59.7 Å². The van der Waals surface area contributed by atoms with E-state index in [1.54, 1.807) is 0 Å². The number of unbranched alkanes of at least 4 members (excludes halogenated alkanes) is 21. The predicted molar refractivity (Wildman–Crippen MR) is 333 cm³/mol. The van der Waals surface area contributed by atoms with Gasteiger partial charge in [0, 0.05) is 61.1 Å². The molecule has 4 amide bonds. The second kappa shape index (κ2) is 43.0. The van der Waals surface area contributed by atoms with Gasteiger partial charge in [-0.05, 0) is 74.2 Å². The molecule has 0 aliphatic carbocycles. The van der Waals surface area contributed by atoms with E-state index in [-0.39, 0.29) is 62.8 Å². The summed E-state index contributed by atoms with van der Waals surface area (Å²) in [5.41, 5.74) is 16.0. The van der Waals surface area contributed by atoms with E-state index in [2.05, 4.69) is 20.4 Å². The van der Waals surface area contributed by atoms with Gasteiger partial charge in [0.25, 0.3) is 0 Å². The van der Waals surface area contributed by atoms with Crippen molar-refractivity contribution in [1.82, 2.24) is 20.4 Å². The molecule has 0 radical (unpaired) electrons. The second-order valence-corrected chi connectivity index (χ2v) is 23.5. The summed E-state index contributed by atoms with van der Waals surface area (Å²) in [6.07, 6.45) is 28.2. The summed E-state index contributed by atoms with van der Waals surface area (Å²) in [7, 11) is 0. The highest BCUT2D eigenvalue weighted by Crippen LogP contribution is 2.21. The van der Waals surface area contributed by atoms with Gasteiger partial charge in [0.05, 0.1) is 38.0 Å². The van der Waals surface area contributed by atoms with Crippen LogP contribution in [0.1, 0.15) is 165 Å². The van der Waals surface area contributed by atoms with Crippen LogP contribution in [0.4, 0.5) is 11.4 Å². The van der Waals surface area contributed by atoms with E-state index in [0.29, 0.717) is 75.6 Å². The number of anilines is 2. The van der Waals surface area contributed by atoms with Crippen LogP contribution in [-0.2, 0) is 51.1 Å². The van der Waals surface area contributed by atoms with Crippen LogP contribution < -0.4 is 31.9 Å². The molecule has 462 valence electrons. The van der Waals surface area contributed by atoms with Crippen LogP contribution in [0, 0.1) is 0 Å². The lowest BCUT2D eigenvalue weighted by Crippen LogP contribution is -2.41. The Labute approximate surface area is 510 Å². The number of carbonyl (C=O) groups is 6. The van der Waals surface area contributed by atoms with E-state index < -0.39 is 36.1 Å². The zero-order chi connectivity index (χ0) is 59.2. The van der Waals surface area contributed by atoms with Crippen molar-refractivity contribution >= 4 is 93.3 Å². The minimum atomic E-state index is -0.867. The van der Waals surface area contributed by atoms with E-state index in [0.717, 1.165) is 48.2 Å². The van der Waals surface area contributed by atoms with Crippen molar-refractivity contribution in [2.45, 2.75) is 191 Å². The van der Waals surface area contributed by atoms with Crippen molar-refractivity contribution in [3.63, 3.8) is 0 Å². The first-order valence-corrected chi connectivity index (χ1v) is 33.0. The third kappa shape index (κ3) is 27.5. The first kappa shape index (κ1) is 70.7. The Morgan fingerprint density at radius 1 is 0.463 bits per heavy atom. The number of alkyl halides is 4. The number of rotatable bonds is 49. The molecule has 2 aromatic rings. The number of esters is 2. The van der Waals surface area contributed by atoms with Crippen molar-refractivity contribution in [3.8, 4) is 0 Å². The molecule has 0 bridgehead atoms.